The van der Waals surface area contributed by atoms with E-state index < -0.39 is 0 Å². The molecule has 3 nitrogen and oxygen atoms in total. The van der Waals surface area contributed by atoms with Gasteiger partial charge in [0.2, 0.25) is 0 Å². The Morgan fingerprint density at radius 3 is 2.72 bits per heavy atom. The number of hydrogen-bond acceptors (Lipinski definition) is 3. The zero-order chi connectivity index (χ0) is 12.4. The minimum Gasteiger partial charge on any atom is -0.490 e. The molecule has 0 aromatic heterocycles. The summed E-state index contributed by atoms with van der Waals surface area (Å²) in [6, 6.07) is 7.13. The molecule has 1 fully saturated rings. The summed E-state index contributed by atoms with van der Waals surface area (Å²) in [5.41, 5.74) is 1.40. The number of nitrogens with one attached hydrogen (secondary N) is 1. The average molecular weight is 247 g/mol. The van der Waals surface area contributed by atoms with Gasteiger partial charge >= 0.3 is 0 Å². The van der Waals surface area contributed by atoms with Crippen molar-refractivity contribution in [3.63, 3.8) is 0 Å². The van der Waals surface area contributed by atoms with E-state index in [-0.39, 0.29) is 0 Å². The van der Waals surface area contributed by atoms with Crippen molar-refractivity contribution in [2.75, 3.05) is 20.3 Å². The molecule has 1 aliphatic carbocycles. The minimum absolute atomic E-state index is 0.666. The molecule has 1 aromatic carbocycles. The first kappa shape index (κ1) is 11.8. The van der Waals surface area contributed by atoms with Crippen molar-refractivity contribution in [3.8, 4) is 11.5 Å². The van der Waals surface area contributed by atoms with Gasteiger partial charge in [-0.3, -0.25) is 0 Å². The van der Waals surface area contributed by atoms with Crippen molar-refractivity contribution in [2.45, 2.75) is 37.6 Å². The van der Waals surface area contributed by atoms with E-state index in [0.29, 0.717) is 12.0 Å². The lowest BCUT2D eigenvalue weighted by Gasteiger charge is -2.14. The summed E-state index contributed by atoms with van der Waals surface area (Å²) in [6.45, 7) is 1.53. The van der Waals surface area contributed by atoms with Gasteiger partial charge < -0.3 is 14.8 Å². The lowest BCUT2D eigenvalue weighted by molar-refractivity contribution is 0.297. The molecule has 1 aromatic rings. The van der Waals surface area contributed by atoms with E-state index in [1.165, 1.54) is 24.8 Å². The number of hydrogen-bond donors (Lipinski definition) is 1. The first-order valence-electron chi connectivity index (χ1n) is 6.93. The van der Waals surface area contributed by atoms with Gasteiger partial charge in [0.05, 0.1) is 13.2 Å². The predicted octanol–water partition coefficient (Wildman–Crippen LogP) is 2.70. The Morgan fingerprint density at radius 2 is 1.94 bits per heavy atom. The third kappa shape index (κ3) is 2.32. The first-order chi connectivity index (χ1) is 8.86. The van der Waals surface area contributed by atoms with Gasteiger partial charge in [0.1, 0.15) is 0 Å². The van der Waals surface area contributed by atoms with E-state index >= 15 is 0 Å². The Labute approximate surface area is 108 Å². The highest BCUT2D eigenvalue weighted by Gasteiger charge is 2.25. The van der Waals surface area contributed by atoms with Crippen molar-refractivity contribution in [1.29, 1.82) is 0 Å². The van der Waals surface area contributed by atoms with E-state index in [2.05, 4.69) is 30.6 Å². The molecule has 3 heteroatoms. The van der Waals surface area contributed by atoms with Crippen molar-refractivity contribution in [1.82, 2.24) is 5.32 Å². The quantitative estimate of drug-likeness (QED) is 0.871. The van der Waals surface area contributed by atoms with Crippen LogP contribution in [-0.2, 0) is 0 Å². The Balaban J connectivity index is 1.79. The molecule has 2 aliphatic rings. The molecule has 18 heavy (non-hydrogen) atoms. The maximum absolute atomic E-state index is 5.76. The first-order valence-corrected chi connectivity index (χ1v) is 6.93. The van der Waals surface area contributed by atoms with Crippen LogP contribution in [0.1, 0.15) is 37.2 Å². The van der Waals surface area contributed by atoms with E-state index in [9.17, 15) is 0 Å². The van der Waals surface area contributed by atoms with Crippen LogP contribution in [0, 0.1) is 0 Å². The summed E-state index contributed by atoms with van der Waals surface area (Å²) < 4.78 is 11.4. The number of fused-ring (bicyclic) bond motifs is 1. The Kier molecular flexibility index (Phi) is 3.41. The summed E-state index contributed by atoms with van der Waals surface area (Å²) in [4.78, 5) is 0. The predicted molar refractivity (Wildman–Crippen MR) is 71.5 cm³/mol. The minimum atomic E-state index is 0.666. The lowest BCUT2D eigenvalue weighted by Crippen LogP contribution is -2.21. The summed E-state index contributed by atoms with van der Waals surface area (Å²) >= 11 is 0. The fraction of sp³-hybridized carbons (Fsp3) is 0.600. The van der Waals surface area contributed by atoms with Crippen LogP contribution in [0.5, 0.6) is 11.5 Å². The SMILES string of the molecule is CNC1CCC(c2ccc3c(c2)OCCCO3)C1. The van der Waals surface area contributed by atoms with Gasteiger partial charge in [-0.15, -0.1) is 0 Å². The molecule has 2 atom stereocenters. The Morgan fingerprint density at radius 1 is 1.11 bits per heavy atom. The molecular weight excluding hydrogens is 226 g/mol. The second-order valence-electron chi connectivity index (χ2n) is 5.25. The van der Waals surface area contributed by atoms with Crippen molar-refractivity contribution in [2.24, 2.45) is 0 Å². The van der Waals surface area contributed by atoms with Crippen molar-refractivity contribution in [3.05, 3.63) is 23.8 Å². The van der Waals surface area contributed by atoms with Crippen molar-refractivity contribution >= 4 is 0 Å². The van der Waals surface area contributed by atoms with Gasteiger partial charge in [0, 0.05) is 12.5 Å². The van der Waals surface area contributed by atoms with E-state index in [4.69, 9.17) is 9.47 Å². The molecule has 1 N–H and O–H groups in total. The topological polar surface area (TPSA) is 30.5 Å². The average Bonchev–Trinajstić information content (AvgIpc) is 2.76. The number of rotatable bonds is 2. The highest BCUT2D eigenvalue weighted by atomic mass is 16.5. The highest BCUT2D eigenvalue weighted by Crippen LogP contribution is 2.39. The molecule has 0 amide bonds. The third-order valence-corrected chi connectivity index (χ3v) is 4.08. The van der Waals surface area contributed by atoms with Crippen LogP contribution >= 0.6 is 0 Å². The van der Waals surface area contributed by atoms with Crippen LogP contribution in [0.15, 0.2) is 18.2 Å². The second kappa shape index (κ2) is 5.19. The second-order valence-corrected chi connectivity index (χ2v) is 5.25. The molecule has 1 heterocycles. The standard InChI is InChI=1S/C15H21NO2/c1-16-13-5-3-11(9-13)12-4-6-14-15(10-12)18-8-2-7-17-14/h4,6,10-11,13,16H,2-3,5,7-9H2,1H3. The van der Waals surface area contributed by atoms with Gasteiger partial charge in [0.25, 0.3) is 0 Å². The van der Waals surface area contributed by atoms with Crippen LogP contribution in [0.2, 0.25) is 0 Å². The van der Waals surface area contributed by atoms with Crippen LogP contribution < -0.4 is 14.8 Å². The van der Waals surface area contributed by atoms with Gasteiger partial charge in [-0.2, -0.15) is 0 Å². The summed E-state index contributed by atoms with van der Waals surface area (Å²) in [7, 11) is 2.06. The summed E-state index contributed by atoms with van der Waals surface area (Å²) in [5, 5.41) is 3.38. The van der Waals surface area contributed by atoms with Crippen molar-refractivity contribution < 1.29 is 9.47 Å². The smallest absolute Gasteiger partial charge is 0.161 e. The summed E-state index contributed by atoms with van der Waals surface area (Å²) in [5.74, 6) is 2.50. The van der Waals surface area contributed by atoms with Crippen LogP contribution in [-0.4, -0.2) is 26.3 Å². The molecule has 1 aliphatic heterocycles. The van der Waals surface area contributed by atoms with Crippen LogP contribution in [0.25, 0.3) is 0 Å². The van der Waals surface area contributed by atoms with Crippen LogP contribution in [0.4, 0.5) is 0 Å². The fourth-order valence-electron chi connectivity index (χ4n) is 2.98. The fourth-order valence-corrected chi connectivity index (χ4v) is 2.98. The molecule has 3 rings (SSSR count). The lowest BCUT2D eigenvalue weighted by atomic mass is 9.97. The number of benzene rings is 1. The Hall–Kier alpha value is -1.22. The van der Waals surface area contributed by atoms with Gasteiger partial charge in [-0.05, 0) is 49.9 Å². The van der Waals surface area contributed by atoms with Gasteiger partial charge in [-0.25, -0.2) is 0 Å². The van der Waals surface area contributed by atoms with Crippen LogP contribution in [0.3, 0.4) is 0 Å². The largest absolute Gasteiger partial charge is 0.490 e. The van der Waals surface area contributed by atoms with E-state index in [1.807, 2.05) is 0 Å². The molecule has 0 saturated heterocycles. The molecule has 1 saturated carbocycles. The van der Waals surface area contributed by atoms with Gasteiger partial charge in [0.15, 0.2) is 11.5 Å². The highest BCUT2D eigenvalue weighted by molar-refractivity contribution is 5.44. The zero-order valence-corrected chi connectivity index (χ0v) is 10.9. The normalized spacial score (nSPS) is 26.9. The third-order valence-electron chi connectivity index (χ3n) is 4.08. The monoisotopic (exact) mass is 247 g/mol. The summed E-state index contributed by atoms with van der Waals surface area (Å²) in [6.07, 6.45) is 4.74. The maximum Gasteiger partial charge on any atom is 0.161 e. The molecule has 98 valence electrons. The molecule has 0 radical (unpaired) electrons. The van der Waals surface area contributed by atoms with E-state index in [0.717, 1.165) is 31.1 Å². The Bertz CT molecular complexity index is 419. The van der Waals surface area contributed by atoms with E-state index in [1.54, 1.807) is 0 Å². The maximum atomic E-state index is 5.76. The molecular formula is C15H21NO2. The van der Waals surface area contributed by atoms with Gasteiger partial charge in [-0.1, -0.05) is 6.07 Å². The number of ether oxygens (including phenoxy) is 2. The molecule has 2 unspecified atom stereocenters. The molecule has 0 bridgehead atoms. The molecule has 0 spiro atoms. The zero-order valence-electron chi connectivity index (χ0n) is 10.9.